The van der Waals surface area contributed by atoms with Crippen molar-refractivity contribution in [1.29, 1.82) is 0 Å². The highest BCUT2D eigenvalue weighted by molar-refractivity contribution is 6.04. The number of carbonyl (C=O) groups excluding carboxylic acids is 1. The standard InChI is InChI=1S/C23H23F3N4O4/c1-32-14-6-4-13(5-7-14)16-11-20(23(24,25)26)30-21(27-16)12-18(29-30)22(31)28-17-10-15(33-2)8-9-19(17)34-3/h4-10,12,16,20,27H,11H2,1-3H3,(H,28,31)/t16-,20+/m0/s1. The number of hydrogen-bond acceptors (Lipinski definition) is 6. The fraction of sp³-hybridized carbons (Fsp3) is 0.304. The molecule has 0 saturated carbocycles. The highest BCUT2D eigenvalue weighted by Crippen LogP contribution is 2.44. The number of nitrogens with one attached hydrogen (secondary N) is 2. The Balaban J connectivity index is 1.64. The van der Waals surface area contributed by atoms with Crippen LogP contribution in [0.4, 0.5) is 24.7 Å². The lowest BCUT2D eigenvalue weighted by molar-refractivity contribution is -0.173. The van der Waals surface area contributed by atoms with Crippen molar-refractivity contribution in [3.8, 4) is 17.2 Å². The van der Waals surface area contributed by atoms with Crippen molar-refractivity contribution < 1.29 is 32.2 Å². The molecule has 180 valence electrons. The third-order valence-electron chi connectivity index (χ3n) is 5.60. The number of fused-ring (bicyclic) bond motifs is 1. The van der Waals surface area contributed by atoms with Crippen LogP contribution in [-0.2, 0) is 0 Å². The number of halogens is 3. The molecule has 8 nitrogen and oxygen atoms in total. The molecule has 0 bridgehead atoms. The van der Waals surface area contributed by atoms with E-state index in [1.807, 2.05) is 0 Å². The second-order valence-corrected chi connectivity index (χ2v) is 7.64. The lowest BCUT2D eigenvalue weighted by Crippen LogP contribution is -2.35. The van der Waals surface area contributed by atoms with Crippen molar-refractivity contribution in [3.63, 3.8) is 0 Å². The summed E-state index contributed by atoms with van der Waals surface area (Å²) in [5.74, 6) is 0.851. The lowest BCUT2D eigenvalue weighted by Gasteiger charge is -2.33. The van der Waals surface area contributed by atoms with Crippen LogP contribution in [0.3, 0.4) is 0 Å². The van der Waals surface area contributed by atoms with Gasteiger partial charge in [0.2, 0.25) is 0 Å². The van der Waals surface area contributed by atoms with E-state index in [1.165, 1.54) is 27.4 Å². The van der Waals surface area contributed by atoms with E-state index in [2.05, 4.69) is 15.7 Å². The van der Waals surface area contributed by atoms with E-state index in [4.69, 9.17) is 14.2 Å². The molecule has 0 saturated heterocycles. The zero-order valence-electron chi connectivity index (χ0n) is 18.6. The Morgan fingerprint density at radius 2 is 1.71 bits per heavy atom. The molecular formula is C23H23F3N4O4. The first-order valence-corrected chi connectivity index (χ1v) is 10.3. The molecule has 0 fully saturated rings. The maximum absolute atomic E-state index is 13.9. The lowest BCUT2D eigenvalue weighted by atomic mass is 9.97. The van der Waals surface area contributed by atoms with Crippen LogP contribution in [0.1, 0.15) is 34.6 Å². The Hall–Kier alpha value is -3.89. The zero-order chi connectivity index (χ0) is 24.5. The molecule has 3 aromatic rings. The van der Waals surface area contributed by atoms with Gasteiger partial charge in [0.15, 0.2) is 11.7 Å². The molecule has 1 aliphatic rings. The number of carbonyl (C=O) groups is 1. The van der Waals surface area contributed by atoms with Gasteiger partial charge in [-0.25, -0.2) is 4.68 Å². The molecule has 0 spiro atoms. The van der Waals surface area contributed by atoms with Crippen molar-refractivity contribution in [2.45, 2.75) is 24.7 Å². The summed E-state index contributed by atoms with van der Waals surface area (Å²) < 4.78 is 58.1. The van der Waals surface area contributed by atoms with Gasteiger partial charge in [-0.1, -0.05) is 12.1 Å². The average Bonchev–Trinajstić information content (AvgIpc) is 3.27. The van der Waals surface area contributed by atoms with Gasteiger partial charge in [0.25, 0.3) is 5.91 Å². The Labute approximate surface area is 193 Å². The molecule has 4 rings (SSSR count). The van der Waals surface area contributed by atoms with Crippen LogP contribution in [0.2, 0.25) is 0 Å². The number of methoxy groups -OCH3 is 3. The van der Waals surface area contributed by atoms with Gasteiger partial charge in [-0.15, -0.1) is 0 Å². The molecule has 34 heavy (non-hydrogen) atoms. The number of nitrogens with zero attached hydrogens (tertiary/aromatic N) is 2. The number of hydrogen-bond donors (Lipinski definition) is 2. The van der Waals surface area contributed by atoms with Crippen molar-refractivity contribution in [2.75, 3.05) is 32.0 Å². The summed E-state index contributed by atoms with van der Waals surface area (Å²) in [6.45, 7) is 0. The summed E-state index contributed by atoms with van der Waals surface area (Å²) in [6.07, 6.45) is -4.84. The number of aromatic nitrogens is 2. The minimum Gasteiger partial charge on any atom is -0.497 e. The summed E-state index contributed by atoms with van der Waals surface area (Å²) in [5, 5.41) is 9.67. The number of ether oxygens (including phenoxy) is 3. The molecule has 11 heteroatoms. The first-order chi connectivity index (χ1) is 16.2. The summed E-state index contributed by atoms with van der Waals surface area (Å²) in [5.41, 5.74) is 0.792. The minimum absolute atomic E-state index is 0.0946. The van der Waals surface area contributed by atoms with E-state index in [0.29, 0.717) is 28.5 Å². The Morgan fingerprint density at radius 3 is 2.32 bits per heavy atom. The first-order valence-electron chi connectivity index (χ1n) is 10.3. The summed E-state index contributed by atoms with van der Waals surface area (Å²) in [7, 11) is 4.42. The quantitative estimate of drug-likeness (QED) is 0.531. The maximum atomic E-state index is 13.9. The van der Waals surface area contributed by atoms with E-state index in [0.717, 1.165) is 4.68 Å². The fourth-order valence-corrected chi connectivity index (χ4v) is 3.84. The van der Waals surface area contributed by atoms with Crippen molar-refractivity contribution in [3.05, 3.63) is 59.8 Å². The van der Waals surface area contributed by atoms with Gasteiger partial charge >= 0.3 is 6.18 Å². The SMILES string of the molecule is COc1ccc([C@@H]2C[C@H](C(F)(F)F)n3nc(C(=O)Nc4cc(OC)ccc4OC)cc3N2)cc1. The normalized spacial score (nSPS) is 17.4. The van der Waals surface area contributed by atoms with E-state index in [9.17, 15) is 18.0 Å². The molecule has 2 atom stereocenters. The highest BCUT2D eigenvalue weighted by atomic mass is 19.4. The molecule has 2 heterocycles. The number of benzene rings is 2. The number of rotatable bonds is 6. The van der Waals surface area contributed by atoms with E-state index in [-0.39, 0.29) is 17.9 Å². The van der Waals surface area contributed by atoms with E-state index < -0.39 is 24.2 Å². The number of anilines is 2. The van der Waals surface area contributed by atoms with Crippen LogP contribution >= 0.6 is 0 Å². The van der Waals surface area contributed by atoms with Crippen LogP contribution in [0.25, 0.3) is 0 Å². The average molecular weight is 476 g/mol. The van der Waals surface area contributed by atoms with Crippen LogP contribution in [0, 0.1) is 0 Å². The van der Waals surface area contributed by atoms with Crippen LogP contribution < -0.4 is 24.8 Å². The smallest absolute Gasteiger partial charge is 0.410 e. The monoisotopic (exact) mass is 476 g/mol. The molecule has 2 aromatic carbocycles. The third-order valence-corrected chi connectivity index (χ3v) is 5.60. The van der Waals surface area contributed by atoms with Crippen LogP contribution in [0.15, 0.2) is 48.5 Å². The Kier molecular flexibility index (Phi) is 6.27. The van der Waals surface area contributed by atoms with Gasteiger partial charge in [0.05, 0.1) is 33.1 Å². The molecule has 1 aromatic heterocycles. The van der Waals surface area contributed by atoms with Crippen LogP contribution in [-0.4, -0.2) is 43.2 Å². The van der Waals surface area contributed by atoms with Crippen molar-refractivity contribution >= 4 is 17.4 Å². The van der Waals surface area contributed by atoms with Gasteiger partial charge in [0.1, 0.15) is 23.1 Å². The predicted molar refractivity (Wildman–Crippen MR) is 119 cm³/mol. The third kappa shape index (κ3) is 4.59. The second-order valence-electron chi connectivity index (χ2n) is 7.64. The van der Waals surface area contributed by atoms with Crippen molar-refractivity contribution in [2.24, 2.45) is 0 Å². The summed E-state index contributed by atoms with van der Waals surface area (Å²) in [4.78, 5) is 12.9. The van der Waals surface area contributed by atoms with E-state index >= 15 is 0 Å². The first kappa shape index (κ1) is 23.3. The zero-order valence-corrected chi connectivity index (χ0v) is 18.6. The highest BCUT2D eigenvalue weighted by Gasteiger charge is 2.46. The van der Waals surface area contributed by atoms with Gasteiger partial charge < -0.3 is 24.8 Å². The molecule has 1 aliphatic heterocycles. The molecule has 0 aliphatic carbocycles. The summed E-state index contributed by atoms with van der Waals surface area (Å²) in [6, 6.07) is 10.4. The molecular weight excluding hydrogens is 453 g/mol. The van der Waals surface area contributed by atoms with Crippen LogP contribution in [0.5, 0.6) is 17.2 Å². The Bertz CT molecular complexity index is 1180. The topological polar surface area (TPSA) is 86.6 Å². The predicted octanol–water partition coefficient (Wildman–Crippen LogP) is 4.82. The number of alkyl halides is 3. The number of amides is 1. The van der Waals surface area contributed by atoms with Gasteiger partial charge in [-0.3, -0.25) is 4.79 Å². The Morgan fingerprint density at radius 1 is 1.03 bits per heavy atom. The molecule has 0 radical (unpaired) electrons. The van der Waals surface area contributed by atoms with E-state index in [1.54, 1.807) is 42.5 Å². The van der Waals surface area contributed by atoms with Gasteiger partial charge in [0, 0.05) is 18.6 Å². The molecule has 2 N–H and O–H groups in total. The minimum atomic E-state index is -4.56. The largest absolute Gasteiger partial charge is 0.497 e. The summed E-state index contributed by atoms with van der Waals surface area (Å²) >= 11 is 0. The second kappa shape index (κ2) is 9.16. The molecule has 1 amide bonds. The van der Waals surface area contributed by atoms with Gasteiger partial charge in [-0.2, -0.15) is 18.3 Å². The van der Waals surface area contributed by atoms with Crippen molar-refractivity contribution in [1.82, 2.24) is 9.78 Å². The fourth-order valence-electron chi connectivity index (χ4n) is 3.84. The molecule has 0 unspecified atom stereocenters. The van der Waals surface area contributed by atoms with Gasteiger partial charge in [-0.05, 0) is 29.8 Å². The maximum Gasteiger partial charge on any atom is 0.410 e.